The third kappa shape index (κ3) is 0.897. The highest BCUT2D eigenvalue weighted by atomic mass is 16.5. The molecule has 0 fully saturated rings. The molecule has 0 radical (unpaired) electrons. The Bertz CT molecular complexity index is 310. The van der Waals surface area contributed by atoms with Crippen molar-refractivity contribution in [3.8, 4) is 11.5 Å². The quantitative estimate of drug-likeness (QED) is 0.636. The van der Waals surface area contributed by atoms with Gasteiger partial charge in [-0.2, -0.15) is 0 Å². The number of hydrogen-bond acceptors (Lipinski definition) is 3. The molecule has 0 atom stereocenters. The Morgan fingerprint density at radius 3 is 3.08 bits per heavy atom. The third-order valence-electron chi connectivity index (χ3n) is 2.10. The molecule has 0 aromatic heterocycles. The lowest BCUT2D eigenvalue weighted by Crippen LogP contribution is -1.95. The Morgan fingerprint density at radius 1 is 1.50 bits per heavy atom. The standard InChI is InChI=1S/C9H11NO2/c1-11-8-3-2-7-6(9(8)10)4-5-12-7/h2-3H,4-5,10H2,1H3. The van der Waals surface area contributed by atoms with Gasteiger partial charge in [0, 0.05) is 12.0 Å². The van der Waals surface area contributed by atoms with Crippen molar-refractivity contribution in [2.45, 2.75) is 6.42 Å². The van der Waals surface area contributed by atoms with E-state index in [9.17, 15) is 0 Å². The van der Waals surface area contributed by atoms with Gasteiger partial charge in [0.15, 0.2) is 0 Å². The molecule has 3 nitrogen and oxygen atoms in total. The maximum atomic E-state index is 5.84. The summed E-state index contributed by atoms with van der Waals surface area (Å²) in [4.78, 5) is 0. The number of methoxy groups -OCH3 is 1. The smallest absolute Gasteiger partial charge is 0.142 e. The minimum absolute atomic E-state index is 0.715. The summed E-state index contributed by atoms with van der Waals surface area (Å²) in [6.07, 6.45) is 0.887. The highest BCUT2D eigenvalue weighted by Gasteiger charge is 2.17. The van der Waals surface area contributed by atoms with E-state index in [1.165, 1.54) is 0 Å². The molecule has 2 rings (SSSR count). The minimum Gasteiger partial charge on any atom is -0.495 e. The van der Waals surface area contributed by atoms with Crippen molar-refractivity contribution in [3.05, 3.63) is 17.7 Å². The van der Waals surface area contributed by atoms with Gasteiger partial charge < -0.3 is 15.2 Å². The first-order chi connectivity index (χ1) is 5.83. The molecule has 12 heavy (non-hydrogen) atoms. The normalized spacial score (nSPS) is 13.8. The topological polar surface area (TPSA) is 44.5 Å². The average Bonchev–Trinajstić information content (AvgIpc) is 2.53. The SMILES string of the molecule is COc1ccc2c(c1N)CCO2. The van der Waals surface area contributed by atoms with Crippen LogP contribution in [0.3, 0.4) is 0 Å². The highest BCUT2D eigenvalue weighted by molar-refractivity contribution is 5.64. The largest absolute Gasteiger partial charge is 0.495 e. The van der Waals surface area contributed by atoms with Crippen molar-refractivity contribution in [2.24, 2.45) is 0 Å². The van der Waals surface area contributed by atoms with Crippen molar-refractivity contribution in [2.75, 3.05) is 19.5 Å². The number of benzene rings is 1. The molecule has 0 bridgehead atoms. The molecular formula is C9H11NO2. The van der Waals surface area contributed by atoms with Crippen LogP contribution in [0.5, 0.6) is 11.5 Å². The van der Waals surface area contributed by atoms with Crippen LogP contribution in [0.4, 0.5) is 5.69 Å². The fourth-order valence-electron chi connectivity index (χ4n) is 1.46. The van der Waals surface area contributed by atoms with Gasteiger partial charge >= 0.3 is 0 Å². The Kier molecular flexibility index (Phi) is 1.57. The van der Waals surface area contributed by atoms with Crippen LogP contribution >= 0.6 is 0 Å². The van der Waals surface area contributed by atoms with Crippen LogP contribution < -0.4 is 15.2 Å². The number of hydrogen-bond donors (Lipinski definition) is 1. The van der Waals surface area contributed by atoms with E-state index in [2.05, 4.69) is 0 Å². The maximum absolute atomic E-state index is 5.84. The number of anilines is 1. The van der Waals surface area contributed by atoms with Gasteiger partial charge in [0.05, 0.1) is 19.4 Å². The van der Waals surface area contributed by atoms with Crippen LogP contribution in [0.15, 0.2) is 12.1 Å². The van der Waals surface area contributed by atoms with Gasteiger partial charge in [-0.05, 0) is 12.1 Å². The van der Waals surface area contributed by atoms with Crippen molar-refractivity contribution in [1.29, 1.82) is 0 Å². The van der Waals surface area contributed by atoms with Crippen LogP contribution in [0.1, 0.15) is 5.56 Å². The molecular weight excluding hydrogens is 154 g/mol. The van der Waals surface area contributed by atoms with Crippen LogP contribution in [0, 0.1) is 0 Å². The summed E-state index contributed by atoms with van der Waals surface area (Å²) in [6, 6.07) is 3.73. The zero-order valence-corrected chi connectivity index (χ0v) is 6.96. The number of rotatable bonds is 1. The van der Waals surface area contributed by atoms with E-state index in [0.717, 1.165) is 30.1 Å². The highest BCUT2D eigenvalue weighted by Crippen LogP contribution is 2.36. The molecule has 3 heteroatoms. The first-order valence-electron chi connectivity index (χ1n) is 3.91. The molecule has 0 aliphatic carbocycles. The third-order valence-corrected chi connectivity index (χ3v) is 2.10. The summed E-state index contributed by atoms with van der Waals surface area (Å²) in [5, 5.41) is 0. The molecule has 1 aliphatic rings. The van der Waals surface area contributed by atoms with Gasteiger partial charge in [0.2, 0.25) is 0 Å². The molecule has 1 aromatic carbocycles. The molecule has 0 saturated carbocycles. The van der Waals surface area contributed by atoms with Crippen LogP contribution in [-0.2, 0) is 6.42 Å². The van der Waals surface area contributed by atoms with Crippen molar-refractivity contribution in [1.82, 2.24) is 0 Å². The van der Waals surface area contributed by atoms with E-state index in [0.29, 0.717) is 5.69 Å². The summed E-state index contributed by atoms with van der Waals surface area (Å²) in [5.74, 6) is 1.63. The average molecular weight is 165 g/mol. The fourth-order valence-corrected chi connectivity index (χ4v) is 1.46. The molecule has 0 unspecified atom stereocenters. The van der Waals surface area contributed by atoms with E-state index < -0.39 is 0 Å². The number of ether oxygens (including phenoxy) is 2. The molecule has 64 valence electrons. The lowest BCUT2D eigenvalue weighted by Gasteiger charge is -2.07. The Labute approximate surface area is 71.1 Å². The second-order valence-corrected chi connectivity index (χ2v) is 2.76. The number of fused-ring (bicyclic) bond motifs is 1. The van der Waals surface area contributed by atoms with E-state index in [1.807, 2.05) is 12.1 Å². The Morgan fingerprint density at radius 2 is 2.33 bits per heavy atom. The van der Waals surface area contributed by atoms with E-state index in [4.69, 9.17) is 15.2 Å². The minimum atomic E-state index is 0.715. The van der Waals surface area contributed by atoms with E-state index in [1.54, 1.807) is 7.11 Å². The van der Waals surface area contributed by atoms with E-state index >= 15 is 0 Å². The fraction of sp³-hybridized carbons (Fsp3) is 0.333. The molecule has 1 heterocycles. The maximum Gasteiger partial charge on any atom is 0.142 e. The summed E-state index contributed by atoms with van der Waals surface area (Å²) in [5.41, 5.74) is 7.63. The van der Waals surface area contributed by atoms with Crippen molar-refractivity contribution in [3.63, 3.8) is 0 Å². The van der Waals surface area contributed by atoms with Crippen molar-refractivity contribution < 1.29 is 9.47 Å². The van der Waals surface area contributed by atoms with Crippen LogP contribution in [0.2, 0.25) is 0 Å². The summed E-state index contributed by atoms with van der Waals surface area (Å²) >= 11 is 0. The number of nitrogens with two attached hydrogens (primary N) is 1. The van der Waals surface area contributed by atoms with Gasteiger partial charge in [-0.25, -0.2) is 0 Å². The van der Waals surface area contributed by atoms with Gasteiger partial charge in [-0.3, -0.25) is 0 Å². The second kappa shape index (κ2) is 2.59. The lowest BCUT2D eigenvalue weighted by atomic mass is 10.1. The first-order valence-corrected chi connectivity index (χ1v) is 3.91. The monoisotopic (exact) mass is 165 g/mol. The van der Waals surface area contributed by atoms with Gasteiger partial charge in [0.25, 0.3) is 0 Å². The van der Waals surface area contributed by atoms with Crippen molar-refractivity contribution >= 4 is 5.69 Å². The summed E-state index contributed by atoms with van der Waals surface area (Å²) in [7, 11) is 1.62. The molecule has 0 amide bonds. The second-order valence-electron chi connectivity index (χ2n) is 2.76. The first kappa shape index (κ1) is 7.28. The van der Waals surface area contributed by atoms with E-state index in [-0.39, 0.29) is 0 Å². The number of nitrogen functional groups attached to an aromatic ring is 1. The van der Waals surface area contributed by atoms with Gasteiger partial charge in [-0.1, -0.05) is 0 Å². The predicted octanol–water partition coefficient (Wildman–Crippen LogP) is 1.21. The van der Waals surface area contributed by atoms with Gasteiger partial charge in [0.1, 0.15) is 11.5 Å². The summed E-state index contributed by atoms with van der Waals surface area (Å²) < 4.78 is 10.4. The molecule has 2 N–H and O–H groups in total. The zero-order valence-electron chi connectivity index (χ0n) is 6.96. The Balaban J connectivity index is 2.54. The van der Waals surface area contributed by atoms with Gasteiger partial charge in [-0.15, -0.1) is 0 Å². The molecule has 1 aromatic rings. The molecule has 0 saturated heterocycles. The molecule has 0 spiro atoms. The van der Waals surface area contributed by atoms with Crippen LogP contribution in [0.25, 0.3) is 0 Å². The summed E-state index contributed by atoms with van der Waals surface area (Å²) in [6.45, 7) is 0.729. The lowest BCUT2D eigenvalue weighted by molar-refractivity contribution is 0.356. The van der Waals surface area contributed by atoms with Crippen LogP contribution in [-0.4, -0.2) is 13.7 Å². The predicted molar refractivity (Wildman–Crippen MR) is 46.6 cm³/mol. The zero-order chi connectivity index (χ0) is 8.55. The molecule has 1 aliphatic heterocycles. The Hall–Kier alpha value is -1.38.